The fraction of sp³-hybridized carbons (Fsp3) is 0.250. The predicted molar refractivity (Wildman–Crippen MR) is 132 cm³/mol. The van der Waals surface area contributed by atoms with Crippen LogP contribution in [0.5, 0.6) is 0 Å². The molecule has 1 fully saturated rings. The van der Waals surface area contributed by atoms with Gasteiger partial charge in [-0.15, -0.1) is 0 Å². The molecule has 4 N–H and O–H groups in total. The smallest absolute Gasteiger partial charge is 0.150 e. The molecule has 3 aliphatic rings. The first-order valence-electron chi connectivity index (χ1n) is 11.0. The number of carbonyl (C=O) groups is 1. The normalized spacial score (nSPS) is 20.3. The third-order valence-electron chi connectivity index (χ3n) is 6.29. The van der Waals surface area contributed by atoms with E-state index in [0.717, 1.165) is 23.2 Å². The molecule has 2 unspecified atom stereocenters. The van der Waals surface area contributed by atoms with Gasteiger partial charge in [0.25, 0.3) is 0 Å². The van der Waals surface area contributed by atoms with Crippen LogP contribution in [-0.2, 0) is 10.2 Å². The SMILES string of the molecule is C1=CC2CCC1O2.CC1(C)c2cc(N)ccc2-c2ccc(N)cc21.O=Cc1ccccc1. The average molecular weight is 427 g/mol. The number of carbonyl (C=O) groups excluding carboxylic acids is 1. The van der Waals surface area contributed by atoms with Crippen LogP contribution in [0, 0.1) is 0 Å². The summed E-state index contributed by atoms with van der Waals surface area (Å²) >= 11 is 0. The number of rotatable bonds is 1. The summed E-state index contributed by atoms with van der Waals surface area (Å²) in [4.78, 5) is 10.0. The molecule has 2 aliphatic heterocycles. The number of fused-ring (bicyclic) bond motifs is 5. The predicted octanol–water partition coefficient (Wildman–Crippen LogP) is 5.76. The van der Waals surface area contributed by atoms with Gasteiger partial charge in [-0.05, 0) is 59.4 Å². The maximum atomic E-state index is 10.0. The lowest BCUT2D eigenvalue weighted by Gasteiger charge is -2.21. The summed E-state index contributed by atoms with van der Waals surface area (Å²) < 4.78 is 5.36. The number of aldehydes is 1. The molecule has 1 aliphatic carbocycles. The number of ether oxygens (including phenoxy) is 1. The standard InChI is InChI=1S/C15H16N2.C7H6O.C6H8O/c1-15(2)13-7-9(16)3-5-11(13)12-6-4-10(17)8-14(12)15;8-6-7-4-2-1-3-5-7;1-2-6-4-3-5(1)7-6/h3-8H,16-17H2,1-2H3;1-6H;1-2,5-6H,3-4H2. The summed E-state index contributed by atoms with van der Waals surface area (Å²) in [6.07, 6.45) is 8.64. The Hall–Kier alpha value is -3.37. The lowest BCUT2D eigenvalue weighted by molar-refractivity contribution is 0.112. The second-order valence-corrected chi connectivity index (χ2v) is 8.94. The number of benzene rings is 3. The van der Waals surface area contributed by atoms with E-state index < -0.39 is 0 Å². The van der Waals surface area contributed by atoms with E-state index in [1.807, 2.05) is 30.3 Å². The van der Waals surface area contributed by atoms with Crippen LogP contribution in [-0.4, -0.2) is 18.5 Å². The molecule has 0 aromatic heterocycles. The van der Waals surface area contributed by atoms with Crippen LogP contribution in [0.1, 0.15) is 48.2 Å². The third kappa shape index (κ3) is 4.46. The van der Waals surface area contributed by atoms with Crippen molar-refractivity contribution >= 4 is 17.7 Å². The maximum Gasteiger partial charge on any atom is 0.150 e. The van der Waals surface area contributed by atoms with E-state index in [1.54, 1.807) is 12.1 Å². The molecule has 164 valence electrons. The molecular weight excluding hydrogens is 396 g/mol. The van der Waals surface area contributed by atoms with Gasteiger partial charge in [0.05, 0.1) is 12.2 Å². The number of nitrogen functional groups attached to an aromatic ring is 2. The summed E-state index contributed by atoms with van der Waals surface area (Å²) in [5, 5.41) is 0. The van der Waals surface area contributed by atoms with Crippen molar-refractivity contribution in [1.29, 1.82) is 0 Å². The minimum atomic E-state index is -0.0184. The summed E-state index contributed by atoms with van der Waals surface area (Å²) in [6.45, 7) is 4.44. The van der Waals surface area contributed by atoms with E-state index in [0.29, 0.717) is 12.2 Å². The van der Waals surface area contributed by atoms with E-state index in [1.165, 1.54) is 35.1 Å². The van der Waals surface area contributed by atoms with Crippen molar-refractivity contribution in [2.24, 2.45) is 0 Å². The second kappa shape index (κ2) is 9.01. The highest BCUT2D eigenvalue weighted by Gasteiger charge is 2.35. The van der Waals surface area contributed by atoms with Crippen LogP contribution >= 0.6 is 0 Å². The molecule has 32 heavy (non-hydrogen) atoms. The van der Waals surface area contributed by atoms with Crippen molar-refractivity contribution in [2.75, 3.05) is 11.5 Å². The monoisotopic (exact) mass is 426 g/mol. The topological polar surface area (TPSA) is 78.3 Å². The van der Waals surface area contributed by atoms with Crippen LogP contribution in [0.4, 0.5) is 11.4 Å². The van der Waals surface area contributed by atoms with E-state index in [2.05, 4.69) is 50.3 Å². The molecule has 0 saturated carbocycles. The molecule has 1 saturated heterocycles. The highest BCUT2D eigenvalue weighted by atomic mass is 16.5. The van der Waals surface area contributed by atoms with E-state index >= 15 is 0 Å². The van der Waals surface area contributed by atoms with Crippen LogP contribution in [0.25, 0.3) is 11.1 Å². The second-order valence-electron chi connectivity index (χ2n) is 8.94. The molecule has 3 aromatic carbocycles. The Kier molecular flexibility index (Phi) is 6.15. The number of hydrogen-bond acceptors (Lipinski definition) is 4. The van der Waals surface area contributed by atoms with Crippen molar-refractivity contribution in [1.82, 2.24) is 0 Å². The van der Waals surface area contributed by atoms with Gasteiger partial charge < -0.3 is 16.2 Å². The van der Waals surface area contributed by atoms with Gasteiger partial charge in [-0.25, -0.2) is 0 Å². The summed E-state index contributed by atoms with van der Waals surface area (Å²) in [7, 11) is 0. The lowest BCUT2D eigenvalue weighted by Crippen LogP contribution is -2.15. The molecule has 2 atom stereocenters. The van der Waals surface area contributed by atoms with Gasteiger partial charge >= 0.3 is 0 Å². The van der Waals surface area contributed by atoms with Gasteiger partial charge in [0.15, 0.2) is 0 Å². The molecule has 3 aromatic rings. The minimum Gasteiger partial charge on any atom is -0.399 e. The molecule has 0 amide bonds. The highest BCUT2D eigenvalue weighted by Crippen LogP contribution is 2.49. The number of nitrogens with two attached hydrogens (primary N) is 2. The van der Waals surface area contributed by atoms with Crippen molar-refractivity contribution in [2.45, 2.75) is 44.3 Å². The van der Waals surface area contributed by atoms with Crippen molar-refractivity contribution < 1.29 is 9.53 Å². The van der Waals surface area contributed by atoms with Crippen molar-refractivity contribution in [3.05, 3.63) is 95.6 Å². The quantitative estimate of drug-likeness (QED) is 0.295. The molecule has 4 heteroatoms. The fourth-order valence-corrected chi connectivity index (χ4v) is 4.52. The molecule has 0 radical (unpaired) electrons. The Morgan fingerprint density at radius 1 is 0.812 bits per heavy atom. The Balaban J connectivity index is 0.000000134. The van der Waals surface area contributed by atoms with Gasteiger partial charge in [0.2, 0.25) is 0 Å². The van der Waals surface area contributed by atoms with Gasteiger partial charge in [-0.3, -0.25) is 4.79 Å². The third-order valence-corrected chi connectivity index (χ3v) is 6.29. The lowest BCUT2D eigenvalue weighted by atomic mass is 9.82. The Morgan fingerprint density at radius 2 is 1.31 bits per heavy atom. The molecule has 6 rings (SSSR count). The first-order chi connectivity index (χ1) is 15.4. The fourth-order valence-electron chi connectivity index (χ4n) is 4.52. The van der Waals surface area contributed by atoms with Gasteiger partial charge in [-0.2, -0.15) is 0 Å². The Bertz CT molecular complexity index is 1070. The van der Waals surface area contributed by atoms with Crippen LogP contribution in [0.15, 0.2) is 78.9 Å². The zero-order valence-electron chi connectivity index (χ0n) is 18.6. The largest absolute Gasteiger partial charge is 0.399 e. The average Bonchev–Trinajstić information content (AvgIpc) is 3.51. The van der Waals surface area contributed by atoms with Crippen molar-refractivity contribution in [3.63, 3.8) is 0 Å². The molecule has 4 nitrogen and oxygen atoms in total. The maximum absolute atomic E-state index is 10.0. The highest BCUT2D eigenvalue weighted by molar-refractivity contribution is 5.83. The first kappa shape index (κ1) is 21.8. The summed E-state index contributed by atoms with van der Waals surface area (Å²) in [5.41, 5.74) is 19.3. The number of hydrogen-bond donors (Lipinski definition) is 2. The number of anilines is 2. The summed E-state index contributed by atoms with van der Waals surface area (Å²) in [5.74, 6) is 0. The van der Waals surface area contributed by atoms with E-state index in [9.17, 15) is 4.79 Å². The van der Waals surface area contributed by atoms with Crippen LogP contribution in [0.3, 0.4) is 0 Å². The molecule has 2 heterocycles. The minimum absolute atomic E-state index is 0.0184. The van der Waals surface area contributed by atoms with Crippen LogP contribution < -0.4 is 11.5 Å². The summed E-state index contributed by atoms with van der Waals surface area (Å²) in [6, 6.07) is 21.4. The van der Waals surface area contributed by atoms with Gasteiger partial charge in [0.1, 0.15) is 6.29 Å². The zero-order chi connectivity index (χ0) is 22.7. The Morgan fingerprint density at radius 3 is 1.66 bits per heavy atom. The van der Waals surface area contributed by atoms with Gasteiger partial charge in [0, 0.05) is 22.4 Å². The van der Waals surface area contributed by atoms with E-state index in [-0.39, 0.29) is 5.41 Å². The van der Waals surface area contributed by atoms with Crippen LogP contribution in [0.2, 0.25) is 0 Å². The molecule has 2 bridgehead atoms. The first-order valence-corrected chi connectivity index (χ1v) is 11.0. The zero-order valence-corrected chi connectivity index (χ0v) is 18.6. The van der Waals surface area contributed by atoms with Gasteiger partial charge in [-0.1, -0.05) is 68.5 Å². The molecule has 0 spiro atoms. The Labute approximate surface area is 189 Å². The molecular formula is C28H30N2O2. The van der Waals surface area contributed by atoms with E-state index in [4.69, 9.17) is 16.2 Å². The van der Waals surface area contributed by atoms with Crippen molar-refractivity contribution in [3.8, 4) is 11.1 Å².